The number of halogens is 1. The summed E-state index contributed by atoms with van der Waals surface area (Å²) in [6.45, 7) is 3.44. The fraction of sp³-hybridized carbons (Fsp3) is 0.588. The highest BCUT2D eigenvalue weighted by molar-refractivity contribution is 14.0. The second-order valence-corrected chi connectivity index (χ2v) is 6.70. The summed E-state index contributed by atoms with van der Waals surface area (Å²) >= 11 is 0. The number of nitrogens with one attached hydrogen (secondary N) is 2. The van der Waals surface area contributed by atoms with Crippen LogP contribution in [0.15, 0.2) is 29.3 Å². The lowest BCUT2D eigenvalue weighted by molar-refractivity contribution is -0.384. The summed E-state index contributed by atoms with van der Waals surface area (Å²) in [7, 11) is 1.81. The Morgan fingerprint density at radius 2 is 2.08 bits per heavy atom. The van der Waals surface area contributed by atoms with Crippen LogP contribution in [0.3, 0.4) is 0 Å². The van der Waals surface area contributed by atoms with Crippen molar-refractivity contribution in [2.24, 2.45) is 10.4 Å². The molecular formula is C17H26IN5O2. The summed E-state index contributed by atoms with van der Waals surface area (Å²) in [4.78, 5) is 17.4. The predicted molar refractivity (Wildman–Crippen MR) is 111 cm³/mol. The molecule has 0 bridgehead atoms. The van der Waals surface area contributed by atoms with Crippen LogP contribution in [0.4, 0.5) is 11.4 Å². The number of nitro benzene ring substituents is 1. The Hall–Kier alpha value is -1.58. The predicted octanol–water partition coefficient (Wildman–Crippen LogP) is 3.08. The first-order chi connectivity index (χ1) is 11.6. The van der Waals surface area contributed by atoms with Crippen molar-refractivity contribution in [2.45, 2.75) is 25.7 Å². The van der Waals surface area contributed by atoms with Crippen molar-refractivity contribution in [1.82, 2.24) is 10.2 Å². The SMILES string of the molecule is CN=C(NCCNc1ccccc1[N+](=O)[O-])N1CCC2(CCC2)C1.I. The van der Waals surface area contributed by atoms with Crippen LogP contribution in [0.1, 0.15) is 25.7 Å². The van der Waals surface area contributed by atoms with Crippen LogP contribution in [0.5, 0.6) is 0 Å². The fourth-order valence-corrected chi connectivity index (χ4v) is 3.69. The molecule has 2 aliphatic rings. The summed E-state index contributed by atoms with van der Waals surface area (Å²) in [6, 6.07) is 6.71. The lowest BCUT2D eigenvalue weighted by Gasteiger charge is -2.38. The molecule has 0 radical (unpaired) electrons. The normalized spacial score (nSPS) is 18.4. The lowest BCUT2D eigenvalue weighted by Crippen LogP contribution is -2.43. The molecule has 1 heterocycles. The number of para-hydroxylation sites is 2. The minimum Gasteiger partial charge on any atom is -0.378 e. The van der Waals surface area contributed by atoms with Crippen molar-refractivity contribution in [3.8, 4) is 0 Å². The molecule has 0 atom stereocenters. The van der Waals surface area contributed by atoms with Crippen LogP contribution in [-0.4, -0.2) is 49.0 Å². The van der Waals surface area contributed by atoms with Gasteiger partial charge in [0.05, 0.1) is 4.92 Å². The quantitative estimate of drug-likeness (QED) is 0.177. The van der Waals surface area contributed by atoms with E-state index < -0.39 is 0 Å². The van der Waals surface area contributed by atoms with Gasteiger partial charge in [-0.05, 0) is 30.7 Å². The van der Waals surface area contributed by atoms with Gasteiger partial charge in [0.2, 0.25) is 0 Å². The highest BCUT2D eigenvalue weighted by Gasteiger charge is 2.43. The molecule has 1 saturated heterocycles. The topological polar surface area (TPSA) is 82.8 Å². The maximum absolute atomic E-state index is 11.0. The van der Waals surface area contributed by atoms with Gasteiger partial charge in [-0.2, -0.15) is 0 Å². The average molecular weight is 459 g/mol. The van der Waals surface area contributed by atoms with Crippen LogP contribution < -0.4 is 10.6 Å². The number of anilines is 1. The molecule has 2 fully saturated rings. The minimum atomic E-state index is -0.364. The number of likely N-dealkylation sites (tertiary alicyclic amines) is 1. The zero-order chi connectivity index (χ0) is 17.0. The molecule has 3 rings (SSSR count). The molecule has 7 nitrogen and oxygen atoms in total. The van der Waals surface area contributed by atoms with Gasteiger partial charge in [-0.15, -0.1) is 24.0 Å². The van der Waals surface area contributed by atoms with Gasteiger partial charge < -0.3 is 15.5 Å². The van der Waals surface area contributed by atoms with Gasteiger partial charge in [-0.25, -0.2) is 0 Å². The van der Waals surface area contributed by atoms with Crippen molar-refractivity contribution in [2.75, 3.05) is 38.5 Å². The molecule has 25 heavy (non-hydrogen) atoms. The molecule has 1 aromatic rings. The van der Waals surface area contributed by atoms with E-state index >= 15 is 0 Å². The van der Waals surface area contributed by atoms with Gasteiger partial charge >= 0.3 is 0 Å². The van der Waals surface area contributed by atoms with Gasteiger partial charge in [0.15, 0.2) is 5.96 Å². The van der Waals surface area contributed by atoms with Gasteiger partial charge in [0.1, 0.15) is 5.69 Å². The maximum atomic E-state index is 11.0. The second-order valence-electron chi connectivity index (χ2n) is 6.70. The minimum absolute atomic E-state index is 0. The Morgan fingerprint density at radius 3 is 2.68 bits per heavy atom. The molecule has 1 aromatic carbocycles. The Bertz CT molecular complexity index is 633. The Kier molecular flexibility index (Phi) is 6.86. The second kappa shape index (κ2) is 8.68. The molecule has 2 N–H and O–H groups in total. The van der Waals surface area contributed by atoms with Crippen LogP contribution in [0.2, 0.25) is 0 Å². The van der Waals surface area contributed by atoms with E-state index in [9.17, 15) is 10.1 Å². The van der Waals surface area contributed by atoms with E-state index in [4.69, 9.17) is 0 Å². The number of guanidine groups is 1. The van der Waals surface area contributed by atoms with E-state index in [1.165, 1.54) is 31.7 Å². The molecule has 0 aromatic heterocycles. The van der Waals surface area contributed by atoms with Gasteiger partial charge in [-0.1, -0.05) is 18.6 Å². The molecule has 1 aliphatic carbocycles. The van der Waals surface area contributed by atoms with E-state index in [-0.39, 0.29) is 34.6 Å². The molecule has 8 heteroatoms. The van der Waals surface area contributed by atoms with E-state index in [2.05, 4.69) is 20.5 Å². The van der Waals surface area contributed by atoms with Crippen molar-refractivity contribution in [1.29, 1.82) is 0 Å². The zero-order valence-electron chi connectivity index (χ0n) is 14.5. The Labute approximate surface area is 165 Å². The Balaban J connectivity index is 0.00000225. The number of nitrogens with zero attached hydrogens (tertiary/aromatic N) is 3. The highest BCUT2D eigenvalue weighted by atomic mass is 127. The molecule has 138 valence electrons. The number of benzene rings is 1. The van der Waals surface area contributed by atoms with Gasteiger partial charge in [0, 0.05) is 39.3 Å². The maximum Gasteiger partial charge on any atom is 0.292 e. The molecular weight excluding hydrogens is 433 g/mol. The molecule has 1 saturated carbocycles. The summed E-state index contributed by atoms with van der Waals surface area (Å²) in [5.74, 6) is 0.933. The number of rotatable bonds is 5. The monoisotopic (exact) mass is 459 g/mol. The molecule has 1 aliphatic heterocycles. The largest absolute Gasteiger partial charge is 0.378 e. The van der Waals surface area contributed by atoms with Crippen molar-refractivity contribution < 1.29 is 4.92 Å². The standard InChI is InChI=1S/C17H25N5O2.HI/c1-18-16(21-12-9-17(13-21)7-4-8-17)20-11-10-19-14-5-2-3-6-15(14)22(23)24;/h2-3,5-6,19H,4,7-13H2,1H3,(H,18,20);1H. The van der Waals surface area contributed by atoms with Gasteiger partial charge in [0.25, 0.3) is 5.69 Å². The number of hydrogen-bond acceptors (Lipinski definition) is 4. The van der Waals surface area contributed by atoms with Crippen molar-refractivity contribution >= 4 is 41.3 Å². The van der Waals surface area contributed by atoms with Crippen LogP contribution in [-0.2, 0) is 0 Å². The van der Waals surface area contributed by atoms with Crippen molar-refractivity contribution in [3.63, 3.8) is 0 Å². The highest BCUT2D eigenvalue weighted by Crippen LogP contribution is 2.47. The lowest BCUT2D eigenvalue weighted by atomic mass is 9.68. The first kappa shape index (κ1) is 19.7. The van der Waals surface area contributed by atoms with E-state index in [0.717, 1.165) is 19.0 Å². The smallest absolute Gasteiger partial charge is 0.292 e. The number of nitro groups is 1. The summed E-state index contributed by atoms with van der Waals surface area (Å²) in [6.07, 6.45) is 5.32. The van der Waals surface area contributed by atoms with E-state index in [1.807, 2.05) is 7.05 Å². The molecule has 0 amide bonds. The Morgan fingerprint density at radius 1 is 1.32 bits per heavy atom. The first-order valence-electron chi connectivity index (χ1n) is 8.56. The fourth-order valence-electron chi connectivity index (χ4n) is 3.69. The first-order valence-corrected chi connectivity index (χ1v) is 8.56. The zero-order valence-corrected chi connectivity index (χ0v) is 16.9. The van der Waals surface area contributed by atoms with Crippen LogP contribution in [0, 0.1) is 15.5 Å². The van der Waals surface area contributed by atoms with Gasteiger partial charge in [-0.3, -0.25) is 15.1 Å². The van der Waals surface area contributed by atoms with E-state index in [0.29, 0.717) is 24.2 Å². The van der Waals surface area contributed by atoms with E-state index in [1.54, 1.807) is 18.2 Å². The van der Waals surface area contributed by atoms with Crippen molar-refractivity contribution in [3.05, 3.63) is 34.4 Å². The summed E-state index contributed by atoms with van der Waals surface area (Å²) < 4.78 is 0. The summed E-state index contributed by atoms with van der Waals surface area (Å²) in [5, 5.41) is 17.5. The third-order valence-electron chi connectivity index (χ3n) is 5.19. The molecule has 1 spiro atoms. The van der Waals surface area contributed by atoms with Crippen LogP contribution >= 0.6 is 24.0 Å². The number of hydrogen-bond donors (Lipinski definition) is 2. The average Bonchev–Trinajstić information content (AvgIpc) is 3.01. The molecule has 0 unspecified atom stereocenters. The van der Waals surface area contributed by atoms with Crippen LogP contribution in [0.25, 0.3) is 0 Å². The third kappa shape index (κ3) is 4.53. The summed E-state index contributed by atoms with van der Waals surface area (Å²) in [5.41, 5.74) is 1.20. The number of aliphatic imine (C=N–C) groups is 1. The third-order valence-corrected chi connectivity index (χ3v) is 5.19.